The highest BCUT2D eigenvalue weighted by molar-refractivity contribution is 7.92. The smallest absolute Gasteiger partial charge is 0.287 e. The number of ether oxygens (including phenoxy) is 4. The number of amides is 2. The first-order valence-electron chi connectivity index (χ1n) is 19.8. The number of carbonyl (C=O) groups excluding carboxylic acids is 2. The van der Waals surface area contributed by atoms with Gasteiger partial charge in [0.05, 0.1) is 41.2 Å². The summed E-state index contributed by atoms with van der Waals surface area (Å²) in [5, 5.41) is 5.01. The van der Waals surface area contributed by atoms with Gasteiger partial charge in [0.2, 0.25) is 0 Å². The second-order valence-electron chi connectivity index (χ2n) is 16.5. The average molecular weight is 806 g/mol. The van der Waals surface area contributed by atoms with Crippen molar-refractivity contribution in [2.75, 3.05) is 37.8 Å². The van der Waals surface area contributed by atoms with Crippen LogP contribution in [0.25, 0.3) is 0 Å². The Hall–Kier alpha value is -3.75. The molecule has 6 atom stereocenters. The first kappa shape index (κ1) is 39.1. The van der Waals surface area contributed by atoms with Gasteiger partial charge >= 0.3 is 0 Å². The lowest BCUT2D eigenvalue weighted by Gasteiger charge is -2.46. The number of aryl methyl sites for hydroxylation is 3. The molecule has 3 aliphatic heterocycles. The molecule has 5 aliphatic rings. The first-order chi connectivity index (χ1) is 26.8. The summed E-state index contributed by atoms with van der Waals surface area (Å²) in [7, 11) is -2.21. The van der Waals surface area contributed by atoms with Gasteiger partial charge in [0, 0.05) is 43.4 Å². The fourth-order valence-corrected chi connectivity index (χ4v) is 10.8. The standard InChI is InChI=1S/C42H52ClN5O7S/c1-27-33(24-47(4)44-27)39(49)45-56(51)31-14-17-37-35(22-31)48(25-42(26-53-37)18-7-9-28-21-30(43)13-16-34(28)42)23-29-12-15-32(29)36(55-38-11-5-6-19-52-38)10-8-20-54-41(2,3)40(50)46-56/h8,10,13-14,16-17,21-22,24,29,32,36,38H,5-7,9,11-12,15,18-20,23,25-26H2,1-4H3,(H,45,46,49,50,51)/t29-,32+,36-,38?,42-,56?/m0/s1. The summed E-state index contributed by atoms with van der Waals surface area (Å²) in [6.45, 7) is 7.46. The minimum absolute atomic E-state index is 0.105. The zero-order valence-corrected chi connectivity index (χ0v) is 34.2. The lowest BCUT2D eigenvalue weighted by Crippen LogP contribution is -2.50. The molecule has 0 radical (unpaired) electrons. The van der Waals surface area contributed by atoms with Gasteiger partial charge in [0.25, 0.3) is 11.8 Å². The number of hydrogen-bond donors (Lipinski definition) is 1. The number of anilines is 1. The van der Waals surface area contributed by atoms with E-state index in [2.05, 4.69) is 37.3 Å². The van der Waals surface area contributed by atoms with Crippen LogP contribution in [0.2, 0.25) is 5.02 Å². The molecule has 2 bridgehead atoms. The Labute approximate surface area is 334 Å². The van der Waals surface area contributed by atoms with E-state index in [0.29, 0.717) is 37.7 Å². The number of aromatic nitrogens is 2. The van der Waals surface area contributed by atoms with Crippen LogP contribution in [0.3, 0.4) is 0 Å². The molecule has 300 valence electrons. The molecule has 2 fully saturated rings. The van der Waals surface area contributed by atoms with E-state index in [1.165, 1.54) is 15.8 Å². The molecule has 2 aromatic carbocycles. The van der Waals surface area contributed by atoms with Crippen LogP contribution >= 0.6 is 11.6 Å². The molecule has 8 rings (SSSR count). The zero-order chi connectivity index (χ0) is 39.2. The van der Waals surface area contributed by atoms with Crippen molar-refractivity contribution in [2.24, 2.45) is 23.2 Å². The van der Waals surface area contributed by atoms with Gasteiger partial charge in [0.1, 0.15) is 11.4 Å². The third-order valence-corrected chi connectivity index (χ3v) is 14.2. The summed E-state index contributed by atoms with van der Waals surface area (Å²) >= 11 is 6.52. The number of halogens is 1. The van der Waals surface area contributed by atoms with Gasteiger partial charge in [-0.25, -0.2) is 4.21 Å². The van der Waals surface area contributed by atoms with Crippen molar-refractivity contribution in [1.82, 2.24) is 14.5 Å². The Morgan fingerprint density at radius 1 is 1.11 bits per heavy atom. The number of nitrogens with one attached hydrogen (secondary N) is 1. The Kier molecular flexibility index (Phi) is 10.8. The SMILES string of the molecule is Cc1nn(C)cc1C(=O)NS1(=O)=NC(=O)C(C)(C)OCC=C[C@H](OC2CCCCO2)[C@@H]2CC[C@H]2CN2C[C@@]3(CCCc4cc(Cl)ccc43)COc3ccc1cc32. The van der Waals surface area contributed by atoms with Crippen molar-refractivity contribution in [3.63, 3.8) is 0 Å². The zero-order valence-electron chi connectivity index (χ0n) is 32.6. The average Bonchev–Trinajstić information content (AvgIpc) is 3.42. The van der Waals surface area contributed by atoms with Gasteiger partial charge < -0.3 is 23.8 Å². The van der Waals surface area contributed by atoms with Crippen LogP contribution in [0.4, 0.5) is 5.69 Å². The Morgan fingerprint density at radius 2 is 1.96 bits per heavy atom. The predicted molar refractivity (Wildman–Crippen MR) is 213 cm³/mol. The van der Waals surface area contributed by atoms with E-state index in [0.717, 1.165) is 62.1 Å². The van der Waals surface area contributed by atoms with Crippen LogP contribution in [0.15, 0.2) is 64.0 Å². The fraction of sp³-hybridized carbons (Fsp3) is 0.548. The molecule has 1 spiro atoms. The molecule has 14 heteroatoms. The molecule has 1 N–H and O–H groups in total. The van der Waals surface area contributed by atoms with Gasteiger partial charge in [-0.15, -0.1) is 4.36 Å². The van der Waals surface area contributed by atoms with Crippen molar-refractivity contribution < 1.29 is 32.7 Å². The van der Waals surface area contributed by atoms with Gasteiger partial charge in [-0.05, 0) is 125 Å². The number of nitrogens with zero attached hydrogens (tertiary/aromatic N) is 4. The highest BCUT2D eigenvalue weighted by Crippen LogP contribution is 2.47. The highest BCUT2D eigenvalue weighted by atomic mass is 35.5. The second kappa shape index (κ2) is 15.5. The largest absolute Gasteiger partial charge is 0.490 e. The molecule has 4 heterocycles. The number of hydrogen-bond acceptors (Lipinski definition) is 9. The first-order valence-corrected chi connectivity index (χ1v) is 21.7. The normalized spacial score (nSPS) is 30.2. The van der Waals surface area contributed by atoms with Crippen LogP contribution in [-0.4, -0.2) is 76.7 Å². The summed E-state index contributed by atoms with van der Waals surface area (Å²) in [5.74, 6) is -0.309. The van der Waals surface area contributed by atoms with Crippen molar-refractivity contribution in [2.45, 2.75) is 100 Å². The molecule has 2 unspecified atom stereocenters. The lowest BCUT2D eigenvalue weighted by atomic mass is 9.68. The maximum absolute atomic E-state index is 15.3. The van der Waals surface area contributed by atoms with Crippen LogP contribution in [0.1, 0.15) is 86.0 Å². The molecule has 1 saturated carbocycles. The summed E-state index contributed by atoms with van der Waals surface area (Å²) in [6, 6.07) is 11.4. The van der Waals surface area contributed by atoms with E-state index in [1.807, 2.05) is 12.1 Å². The predicted octanol–water partition coefficient (Wildman–Crippen LogP) is 6.86. The monoisotopic (exact) mass is 805 g/mol. The third kappa shape index (κ3) is 7.77. The Morgan fingerprint density at radius 3 is 2.71 bits per heavy atom. The van der Waals surface area contributed by atoms with E-state index >= 15 is 4.21 Å². The summed E-state index contributed by atoms with van der Waals surface area (Å²) < 4.78 is 49.3. The Bertz CT molecular complexity index is 2160. The molecule has 2 amide bonds. The van der Waals surface area contributed by atoms with Crippen LogP contribution < -0.4 is 14.4 Å². The summed E-state index contributed by atoms with van der Waals surface area (Å²) in [5.41, 5.74) is 2.09. The number of benzene rings is 2. The van der Waals surface area contributed by atoms with Crippen LogP contribution in [-0.2, 0) is 47.8 Å². The van der Waals surface area contributed by atoms with Crippen LogP contribution in [0, 0.1) is 18.8 Å². The molecule has 12 nitrogen and oxygen atoms in total. The van der Waals surface area contributed by atoms with E-state index in [4.69, 9.17) is 30.5 Å². The molecule has 56 heavy (non-hydrogen) atoms. The maximum atomic E-state index is 15.3. The number of rotatable bonds is 4. The number of fused-ring (bicyclic) bond motifs is 4. The third-order valence-electron chi connectivity index (χ3n) is 12.2. The molecular weight excluding hydrogens is 754 g/mol. The molecule has 1 saturated heterocycles. The van der Waals surface area contributed by atoms with Gasteiger partial charge in [-0.1, -0.05) is 29.8 Å². The van der Waals surface area contributed by atoms with Crippen molar-refractivity contribution in [1.29, 1.82) is 0 Å². The molecule has 1 aromatic heterocycles. The molecular formula is C42H52ClN5O7S. The second-order valence-corrected chi connectivity index (χ2v) is 18.9. The van der Waals surface area contributed by atoms with Crippen molar-refractivity contribution >= 4 is 39.0 Å². The minimum Gasteiger partial charge on any atom is -0.490 e. The van der Waals surface area contributed by atoms with Crippen molar-refractivity contribution in [3.05, 3.63) is 82.2 Å². The maximum Gasteiger partial charge on any atom is 0.287 e. The lowest BCUT2D eigenvalue weighted by molar-refractivity contribution is -0.197. The topological polar surface area (TPSA) is 134 Å². The highest BCUT2D eigenvalue weighted by Gasteiger charge is 2.45. The van der Waals surface area contributed by atoms with Gasteiger partial charge in [0.15, 0.2) is 16.2 Å². The summed E-state index contributed by atoms with van der Waals surface area (Å²) in [6.07, 6.45) is 12.8. The van der Waals surface area contributed by atoms with Crippen molar-refractivity contribution in [3.8, 4) is 5.75 Å². The minimum atomic E-state index is -3.92. The molecule has 2 aliphatic carbocycles. The van der Waals surface area contributed by atoms with Crippen LogP contribution in [0.5, 0.6) is 5.75 Å². The quantitative estimate of drug-likeness (QED) is 0.281. The summed E-state index contributed by atoms with van der Waals surface area (Å²) in [4.78, 5) is 30.4. The van der Waals surface area contributed by atoms with Gasteiger partial charge in [-0.2, -0.15) is 5.10 Å². The van der Waals surface area contributed by atoms with Gasteiger partial charge in [-0.3, -0.25) is 19.0 Å². The van der Waals surface area contributed by atoms with E-state index in [-0.39, 0.29) is 46.7 Å². The fourth-order valence-electron chi connectivity index (χ4n) is 8.96. The number of carbonyl (C=O) groups is 2. The molecule has 3 aromatic rings. The Balaban J connectivity index is 1.24. The van der Waals surface area contributed by atoms with E-state index < -0.39 is 27.3 Å². The van der Waals surface area contributed by atoms with E-state index in [9.17, 15) is 9.59 Å². The van der Waals surface area contributed by atoms with E-state index in [1.54, 1.807) is 52.2 Å².